The molecule has 0 spiro atoms. The molecule has 5 unspecified atom stereocenters. The Labute approximate surface area is 197 Å². The summed E-state index contributed by atoms with van der Waals surface area (Å²) in [4.78, 5) is 0. The Morgan fingerprint density at radius 3 is 2.38 bits per heavy atom. The van der Waals surface area contributed by atoms with Crippen molar-refractivity contribution in [2.75, 3.05) is 34.9 Å². The zero-order chi connectivity index (χ0) is 23.1. The molecule has 186 valence electrons. The minimum Gasteiger partial charge on any atom is -0.381 e. The van der Waals surface area contributed by atoms with Crippen molar-refractivity contribution in [1.29, 1.82) is 0 Å². The van der Waals surface area contributed by atoms with E-state index in [1.807, 2.05) is 21.3 Å². The van der Waals surface area contributed by atoms with E-state index < -0.39 is 0 Å². The van der Waals surface area contributed by atoms with Crippen molar-refractivity contribution in [1.82, 2.24) is 5.32 Å². The van der Waals surface area contributed by atoms with Gasteiger partial charge in [0.25, 0.3) is 0 Å². The highest BCUT2D eigenvalue weighted by Gasteiger charge is 2.66. The van der Waals surface area contributed by atoms with Gasteiger partial charge in [0.05, 0.1) is 18.3 Å². The summed E-state index contributed by atoms with van der Waals surface area (Å²) < 4.78 is 18.6. The largest absolute Gasteiger partial charge is 0.381 e. The van der Waals surface area contributed by atoms with Gasteiger partial charge < -0.3 is 19.5 Å². The third-order valence-electron chi connectivity index (χ3n) is 11.4. The van der Waals surface area contributed by atoms with Crippen molar-refractivity contribution in [2.24, 2.45) is 46.3 Å². The minimum atomic E-state index is 0.276. The maximum absolute atomic E-state index is 6.42. The summed E-state index contributed by atoms with van der Waals surface area (Å²) >= 11 is 0. The van der Waals surface area contributed by atoms with Gasteiger partial charge >= 0.3 is 0 Å². The smallest absolute Gasteiger partial charge is 0.0633 e. The molecule has 0 aromatic carbocycles. The number of fused-ring (bicyclic) bond motifs is 5. The van der Waals surface area contributed by atoms with E-state index in [2.05, 4.69) is 33.1 Å². The van der Waals surface area contributed by atoms with Crippen LogP contribution in [0.5, 0.6) is 0 Å². The topological polar surface area (TPSA) is 39.7 Å². The van der Waals surface area contributed by atoms with Crippen LogP contribution in [0.2, 0.25) is 0 Å². The molecule has 0 amide bonds. The Bertz CT molecular complexity index is 628. The molecule has 0 radical (unpaired) electrons. The molecule has 4 rings (SSSR count). The van der Waals surface area contributed by atoms with Gasteiger partial charge in [0.1, 0.15) is 0 Å². The zero-order valence-corrected chi connectivity index (χ0v) is 22.0. The van der Waals surface area contributed by atoms with Crippen LogP contribution < -0.4 is 5.32 Å². The van der Waals surface area contributed by atoms with Gasteiger partial charge in [-0.05, 0) is 112 Å². The van der Waals surface area contributed by atoms with Gasteiger partial charge in [-0.2, -0.15) is 0 Å². The summed E-state index contributed by atoms with van der Waals surface area (Å²) in [6.07, 6.45) is 12.7. The Hall–Kier alpha value is -0.160. The highest BCUT2D eigenvalue weighted by Crippen LogP contribution is 2.69. The van der Waals surface area contributed by atoms with Crippen LogP contribution in [0.15, 0.2) is 0 Å². The van der Waals surface area contributed by atoms with E-state index in [1.165, 1.54) is 57.8 Å². The number of hydrogen-bond acceptors (Lipinski definition) is 4. The average molecular weight is 450 g/mol. The lowest BCUT2D eigenvalue weighted by Gasteiger charge is -2.64. The summed E-state index contributed by atoms with van der Waals surface area (Å²) in [5, 5.41) is 3.34. The van der Waals surface area contributed by atoms with E-state index >= 15 is 0 Å². The molecule has 4 aliphatic rings. The third-order valence-corrected chi connectivity index (χ3v) is 11.4. The van der Waals surface area contributed by atoms with Crippen molar-refractivity contribution >= 4 is 0 Å². The molecule has 4 fully saturated rings. The van der Waals surface area contributed by atoms with Crippen molar-refractivity contribution in [3.8, 4) is 0 Å². The minimum absolute atomic E-state index is 0.276. The summed E-state index contributed by atoms with van der Waals surface area (Å²) in [6, 6.07) is 0. The van der Waals surface area contributed by atoms with Gasteiger partial charge in [0.15, 0.2) is 0 Å². The lowest BCUT2D eigenvalue weighted by Crippen LogP contribution is -2.63. The predicted octanol–water partition coefficient (Wildman–Crippen LogP) is 5.55. The molecular weight excluding hydrogens is 398 g/mol. The summed E-state index contributed by atoms with van der Waals surface area (Å²) in [6.45, 7) is 8.88. The molecular formula is C28H51NO3. The fraction of sp³-hybridized carbons (Fsp3) is 1.00. The predicted molar refractivity (Wildman–Crippen MR) is 131 cm³/mol. The lowest BCUT2D eigenvalue weighted by atomic mass is 9.43. The molecule has 4 saturated carbocycles. The van der Waals surface area contributed by atoms with Crippen LogP contribution in [-0.4, -0.2) is 53.2 Å². The molecule has 0 aromatic rings. The molecule has 0 heterocycles. The number of rotatable bonds is 8. The van der Waals surface area contributed by atoms with E-state index in [0.29, 0.717) is 41.5 Å². The fourth-order valence-electron chi connectivity index (χ4n) is 9.68. The van der Waals surface area contributed by atoms with Crippen molar-refractivity contribution < 1.29 is 14.2 Å². The summed E-state index contributed by atoms with van der Waals surface area (Å²) in [5.41, 5.74) is 0.683. The Morgan fingerprint density at radius 1 is 0.938 bits per heavy atom. The van der Waals surface area contributed by atoms with Crippen LogP contribution in [0.4, 0.5) is 0 Å². The number of methoxy groups -OCH3 is 3. The number of nitrogens with one attached hydrogen (secondary N) is 1. The molecule has 4 nitrogen and oxygen atoms in total. The van der Waals surface area contributed by atoms with E-state index in [-0.39, 0.29) is 5.41 Å². The monoisotopic (exact) mass is 449 g/mol. The van der Waals surface area contributed by atoms with Crippen LogP contribution in [0.3, 0.4) is 0 Å². The standard InChI is InChI=1S/C28H51NO3/c1-18(9-8-14-29-4)21-10-11-22-26-23(17-25(32-7)28(21,22)3)27(2)13-12-20(30-5)15-19(27)16-24(26)31-6/h18-26,29H,8-17H2,1-7H3/t18-,19?,20-,21?,22+,23+,24-,25+,26?,27?,28?/m1/s1. The molecule has 0 saturated heterocycles. The van der Waals surface area contributed by atoms with E-state index in [0.717, 1.165) is 24.3 Å². The van der Waals surface area contributed by atoms with Crippen molar-refractivity contribution in [3.05, 3.63) is 0 Å². The third kappa shape index (κ3) is 3.89. The van der Waals surface area contributed by atoms with Crippen molar-refractivity contribution in [2.45, 2.75) is 96.9 Å². The molecule has 4 heteroatoms. The molecule has 0 aromatic heterocycles. The van der Waals surface area contributed by atoms with Gasteiger partial charge in [0, 0.05) is 26.7 Å². The van der Waals surface area contributed by atoms with Gasteiger partial charge in [-0.3, -0.25) is 0 Å². The number of ether oxygens (including phenoxy) is 3. The van der Waals surface area contributed by atoms with Crippen LogP contribution in [0.1, 0.15) is 78.6 Å². The molecule has 4 aliphatic carbocycles. The SMILES string of the molecule is CNCCC[C@@H](C)C1CC[C@H]2C3[C@H](OC)CC4C[C@H](OC)CCC4(C)[C@H]3C[C@H](OC)C12C. The van der Waals surface area contributed by atoms with Crippen LogP contribution in [0.25, 0.3) is 0 Å². The second-order valence-electron chi connectivity index (χ2n) is 12.4. The van der Waals surface area contributed by atoms with Crippen molar-refractivity contribution in [3.63, 3.8) is 0 Å². The quantitative estimate of drug-likeness (QED) is 0.494. The molecule has 0 bridgehead atoms. The highest BCUT2D eigenvalue weighted by molar-refractivity contribution is 5.15. The molecule has 11 atom stereocenters. The average Bonchev–Trinajstić information content (AvgIpc) is 3.15. The molecule has 0 aliphatic heterocycles. The van der Waals surface area contributed by atoms with Gasteiger partial charge in [-0.1, -0.05) is 20.8 Å². The second kappa shape index (κ2) is 9.84. The number of hydrogen-bond donors (Lipinski definition) is 1. The van der Waals surface area contributed by atoms with Gasteiger partial charge in [-0.25, -0.2) is 0 Å². The zero-order valence-electron chi connectivity index (χ0n) is 22.0. The highest BCUT2D eigenvalue weighted by atomic mass is 16.5. The summed E-state index contributed by atoms with van der Waals surface area (Å²) in [7, 11) is 7.94. The van der Waals surface area contributed by atoms with E-state index in [9.17, 15) is 0 Å². The Kier molecular flexibility index (Phi) is 7.67. The molecule has 1 N–H and O–H groups in total. The van der Waals surface area contributed by atoms with E-state index in [4.69, 9.17) is 14.2 Å². The van der Waals surface area contributed by atoms with Crippen LogP contribution in [0, 0.1) is 46.3 Å². The first-order chi connectivity index (χ1) is 15.3. The first-order valence-corrected chi connectivity index (χ1v) is 13.6. The Morgan fingerprint density at radius 2 is 1.72 bits per heavy atom. The first-order valence-electron chi connectivity index (χ1n) is 13.6. The maximum Gasteiger partial charge on any atom is 0.0633 e. The second-order valence-corrected chi connectivity index (χ2v) is 12.4. The van der Waals surface area contributed by atoms with Gasteiger partial charge in [-0.15, -0.1) is 0 Å². The lowest BCUT2D eigenvalue weighted by molar-refractivity contribution is -0.218. The van der Waals surface area contributed by atoms with Crippen LogP contribution >= 0.6 is 0 Å². The molecule has 32 heavy (non-hydrogen) atoms. The maximum atomic E-state index is 6.42. The van der Waals surface area contributed by atoms with E-state index in [1.54, 1.807) is 0 Å². The van der Waals surface area contributed by atoms with Crippen LogP contribution in [-0.2, 0) is 14.2 Å². The van der Waals surface area contributed by atoms with Gasteiger partial charge in [0.2, 0.25) is 0 Å². The normalized spacial score (nSPS) is 49.2. The summed E-state index contributed by atoms with van der Waals surface area (Å²) in [5.74, 6) is 4.37. The first kappa shape index (κ1) is 24.9. The Balaban J connectivity index is 1.63. The fourth-order valence-corrected chi connectivity index (χ4v) is 9.68.